The van der Waals surface area contributed by atoms with Crippen molar-refractivity contribution in [2.24, 2.45) is 0 Å². The number of H-pyrrole nitrogens is 1. The summed E-state index contributed by atoms with van der Waals surface area (Å²) in [5, 5.41) is 0. The van der Waals surface area contributed by atoms with E-state index in [1.165, 1.54) is 24.4 Å². The fraction of sp³-hybridized carbons (Fsp3) is 0.0909. The van der Waals surface area contributed by atoms with Crippen LogP contribution in [0.3, 0.4) is 0 Å². The average molecular weight is 222 g/mol. The number of hydrogen-bond acceptors (Lipinski definition) is 2. The average Bonchev–Trinajstić information content (AvgIpc) is 2.25. The lowest BCUT2D eigenvalue weighted by atomic mass is 10.1. The number of halogens is 2. The van der Waals surface area contributed by atoms with Gasteiger partial charge in [0.15, 0.2) is 11.6 Å². The Morgan fingerprint density at radius 2 is 2.06 bits per heavy atom. The van der Waals surface area contributed by atoms with E-state index < -0.39 is 11.6 Å². The molecule has 0 unspecified atom stereocenters. The summed E-state index contributed by atoms with van der Waals surface area (Å²) in [6.45, 7) is 0. The van der Waals surface area contributed by atoms with Gasteiger partial charge in [-0.25, -0.2) is 13.8 Å². The smallest absolute Gasteiger partial charge is 0.250 e. The van der Waals surface area contributed by atoms with E-state index in [2.05, 4.69) is 9.97 Å². The molecule has 5 heteroatoms. The molecule has 0 bridgehead atoms. The molecule has 2 aromatic rings. The topological polar surface area (TPSA) is 45.8 Å². The van der Waals surface area contributed by atoms with E-state index in [4.69, 9.17) is 0 Å². The minimum atomic E-state index is -0.908. The Labute approximate surface area is 89.8 Å². The molecule has 0 amide bonds. The third-order valence-corrected chi connectivity index (χ3v) is 2.11. The summed E-state index contributed by atoms with van der Waals surface area (Å²) >= 11 is 0. The highest BCUT2D eigenvalue weighted by molar-refractivity contribution is 5.22. The number of rotatable bonds is 2. The van der Waals surface area contributed by atoms with Gasteiger partial charge < -0.3 is 4.98 Å². The first-order valence-corrected chi connectivity index (χ1v) is 4.64. The molecule has 0 spiro atoms. The normalized spacial score (nSPS) is 10.4. The molecule has 16 heavy (non-hydrogen) atoms. The lowest BCUT2D eigenvalue weighted by Gasteiger charge is -2.02. The zero-order valence-corrected chi connectivity index (χ0v) is 8.21. The van der Waals surface area contributed by atoms with Gasteiger partial charge >= 0.3 is 0 Å². The first-order chi connectivity index (χ1) is 7.66. The van der Waals surface area contributed by atoms with Gasteiger partial charge in [-0.3, -0.25) is 4.79 Å². The molecule has 2 rings (SSSR count). The van der Waals surface area contributed by atoms with Crippen molar-refractivity contribution in [3.8, 4) is 0 Å². The van der Waals surface area contributed by atoms with Gasteiger partial charge in [0, 0.05) is 18.7 Å². The predicted molar refractivity (Wildman–Crippen MR) is 54.0 cm³/mol. The minimum Gasteiger partial charge on any atom is -0.310 e. The van der Waals surface area contributed by atoms with Gasteiger partial charge in [0.2, 0.25) is 0 Å². The maximum Gasteiger partial charge on any atom is 0.250 e. The lowest BCUT2D eigenvalue weighted by Crippen LogP contribution is -2.10. The van der Waals surface area contributed by atoms with Crippen LogP contribution >= 0.6 is 0 Å². The fourth-order valence-electron chi connectivity index (χ4n) is 1.37. The molecule has 0 radical (unpaired) electrons. The second kappa shape index (κ2) is 4.22. The molecule has 1 N–H and O–H groups in total. The van der Waals surface area contributed by atoms with Crippen LogP contribution in [0.5, 0.6) is 0 Å². The molecule has 0 saturated carbocycles. The van der Waals surface area contributed by atoms with Crippen LogP contribution in [-0.4, -0.2) is 9.97 Å². The van der Waals surface area contributed by atoms with Crippen LogP contribution in [0.25, 0.3) is 0 Å². The Hall–Kier alpha value is -2.04. The molecule has 0 saturated heterocycles. The van der Waals surface area contributed by atoms with Gasteiger partial charge in [-0.15, -0.1) is 0 Å². The first-order valence-electron chi connectivity index (χ1n) is 4.64. The van der Waals surface area contributed by atoms with Crippen LogP contribution < -0.4 is 5.56 Å². The molecule has 1 heterocycles. The predicted octanol–water partition coefficient (Wildman–Crippen LogP) is 1.64. The molecule has 0 aliphatic rings. The number of hydrogen-bond donors (Lipinski definition) is 1. The number of benzene rings is 1. The summed E-state index contributed by atoms with van der Waals surface area (Å²) in [5.41, 5.74) is -0.156. The van der Waals surface area contributed by atoms with Crippen molar-refractivity contribution in [2.45, 2.75) is 6.42 Å². The Morgan fingerprint density at radius 1 is 1.25 bits per heavy atom. The molecule has 3 nitrogen and oxygen atoms in total. The van der Waals surface area contributed by atoms with E-state index in [0.717, 1.165) is 6.07 Å². The van der Waals surface area contributed by atoms with Gasteiger partial charge in [-0.1, -0.05) is 12.1 Å². The Morgan fingerprint density at radius 3 is 2.81 bits per heavy atom. The number of nitrogens with one attached hydrogen (secondary N) is 1. The van der Waals surface area contributed by atoms with Crippen molar-refractivity contribution in [2.75, 3.05) is 0 Å². The van der Waals surface area contributed by atoms with Crippen molar-refractivity contribution in [1.82, 2.24) is 9.97 Å². The summed E-state index contributed by atoms with van der Waals surface area (Å²) in [6.07, 6.45) is 1.38. The third kappa shape index (κ3) is 2.13. The lowest BCUT2D eigenvalue weighted by molar-refractivity contribution is 0.500. The van der Waals surface area contributed by atoms with Crippen LogP contribution in [-0.2, 0) is 6.42 Å². The third-order valence-electron chi connectivity index (χ3n) is 2.11. The summed E-state index contributed by atoms with van der Waals surface area (Å²) in [5.74, 6) is -1.51. The summed E-state index contributed by atoms with van der Waals surface area (Å²) in [7, 11) is 0. The second-order valence-electron chi connectivity index (χ2n) is 3.27. The molecular weight excluding hydrogens is 214 g/mol. The van der Waals surface area contributed by atoms with Crippen molar-refractivity contribution < 1.29 is 8.78 Å². The standard InChI is InChI=1S/C11H8F2N2O/c12-8-3-1-2-7(11(8)13)6-9-14-5-4-10(16)15-9/h1-5H,6H2,(H,14,15,16). The van der Waals surface area contributed by atoms with Crippen molar-refractivity contribution in [1.29, 1.82) is 0 Å². The molecule has 82 valence electrons. The van der Waals surface area contributed by atoms with E-state index in [0.29, 0.717) is 5.82 Å². The SMILES string of the molecule is O=c1ccnc(Cc2cccc(F)c2F)[nH]1. The van der Waals surface area contributed by atoms with Gasteiger partial charge in [0.1, 0.15) is 5.82 Å². The zero-order valence-electron chi connectivity index (χ0n) is 8.21. The number of aromatic amines is 1. The molecule has 0 fully saturated rings. The van der Waals surface area contributed by atoms with Gasteiger partial charge in [-0.2, -0.15) is 0 Å². The minimum absolute atomic E-state index is 0.0552. The van der Waals surface area contributed by atoms with Crippen LogP contribution in [0.4, 0.5) is 8.78 Å². The van der Waals surface area contributed by atoms with E-state index in [1.807, 2.05) is 0 Å². The summed E-state index contributed by atoms with van der Waals surface area (Å²) in [6, 6.07) is 5.16. The molecule has 0 aliphatic carbocycles. The van der Waals surface area contributed by atoms with E-state index in [-0.39, 0.29) is 17.5 Å². The quantitative estimate of drug-likeness (QED) is 0.839. The Bertz CT molecular complexity index is 566. The Balaban J connectivity index is 2.34. The van der Waals surface area contributed by atoms with E-state index in [1.54, 1.807) is 0 Å². The fourth-order valence-corrected chi connectivity index (χ4v) is 1.37. The van der Waals surface area contributed by atoms with Gasteiger partial charge in [-0.05, 0) is 11.6 Å². The van der Waals surface area contributed by atoms with Crippen molar-refractivity contribution >= 4 is 0 Å². The van der Waals surface area contributed by atoms with Crippen molar-refractivity contribution in [3.05, 3.63) is 63.8 Å². The summed E-state index contributed by atoms with van der Waals surface area (Å²) in [4.78, 5) is 17.3. The first kappa shape index (κ1) is 10.5. The van der Waals surface area contributed by atoms with Crippen LogP contribution in [0.1, 0.15) is 11.4 Å². The molecular formula is C11H8F2N2O. The maximum atomic E-state index is 13.3. The van der Waals surface area contributed by atoms with Crippen LogP contribution in [0.15, 0.2) is 35.3 Å². The monoisotopic (exact) mass is 222 g/mol. The highest BCUT2D eigenvalue weighted by Crippen LogP contribution is 2.13. The highest BCUT2D eigenvalue weighted by atomic mass is 19.2. The molecule has 1 aromatic heterocycles. The largest absolute Gasteiger partial charge is 0.310 e. The van der Waals surface area contributed by atoms with E-state index in [9.17, 15) is 13.6 Å². The Kier molecular flexibility index (Phi) is 2.76. The zero-order chi connectivity index (χ0) is 11.5. The molecule has 0 aliphatic heterocycles. The molecule has 1 aromatic carbocycles. The van der Waals surface area contributed by atoms with Gasteiger partial charge in [0.05, 0.1) is 0 Å². The second-order valence-corrected chi connectivity index (χ2v) is 3.27. The number of nitrogens with zero attached hydrogens (tertiary/aromatic N) is 1. The highest BCUT2D eigenvalue weighted by Gasteiger charge is 2.08. The number of aromatic nitrogens is 2. The molecule has 0 atom stereocenters. The maximum absolute atomic E-state index is 13.3. The van der Waals surface area contributed by atoms with E-state index >= 15 is 0 Å². The van der Waals surface area contributed by atoms with Crippen molar-refractivity contribution in [3.63, 3.8) is 0 Å². The van der Waals surface area contributed by atoms with Crippen LogP contribution in [0, 0.1) is 11.6 Å². The van der Waals surface area contributed by atoms with Crippen LogP contribution in [0.2, 0.25) is 0 Å². The summed E-state index contributed by atoms with van der Waals surface area (Å²) < 4.78 is 26.2. The van der Waals surface area contributed by atoms with Gasteiger partial charge in [0.25, 0.3) is 5.56 Å².